The number of hydrogen-bond donors (Lipinski definition) is 0. The molecule has 0 bridgehead atoms. The molecule has 1 heteroatoms. The third-order valence-corrected chi connectivity index (χ3v) is 8.23. The minimum atomic E-state index is 0.125. The van der Waals surface area contributed by atoms with E-state index in [1.807, 2.05) is 0 Å². The van der Waals surface area contributed by atoms with Crippen LogP contribution in [0.2, 0.25) is 0 Å². The van der Waals surface area contributed by atoms with Crippen molar-refractivity contribution in [3.63, 3.8) is 0 Å². The zero-order valence-electron chi connectivity index (χ0n) is 24.1. The lowest BCUT2D eigenvalue weighted by Gasteiger charge is -2.36. The van der Waals surface area contributed by atoms with Gasteiger partial charge in [-0.25, -0.2) is 0 Å². The first-order valence-corrected chi connectivity index (χ1v) is 15.0. The third kappa shape index (κ3) is 5.58. The molecule has 1 nitrogen and oxygen atoms in total. The van der Waals surface area contributed by atoms with E-state index in [9.17, 15) is 0 Å². The molecule has 0 aromatic heterocycles. The normalized spacial score (nSPS) is 14.2. The molecule has 0 saturated carbocycles. The Morgan fingerprint density at radius 1 is 0.442 bits per heavy atom. The van der Waals surface area contributed by atoms with Crippen molar-refractivity contribution in [2.75, 3.05) is 4.90 Å². The van der Waals surface area contributed by atoms with Crippen molar-refractivity contribution in [1.29, 1.82) is 0 Å². The van der Waals surface area contributed by atoms with Gasteiger partial charge in [0.2, 0.25) is 0 Å². The van der Waals surface area contributed by atoms with Crippen LogP contribution in [0.5, 0.6) is 0 Å². The predicted octanol–water partition coefficient (Wildman–Crippen LogP) is 11.2. The smallest absolute Gasteiger partial charge is 0.0566 e. The summed E-state index contributed by atoms with van der Waals surface area (Å²) in [5, 5.41) is 0. The average Bonchev–Trinajstić information content (AvgIpc) is 3.10. The molecule has 6 aromatic rings. The van der Waals surface area contributed by atoms with Gasteiger partial charge in [0.15, 0.2) is 0 Å². The minimum Gasteiger partial charge on any atom is -0.334 e. The van der Waals surface area contributed by atoms with Crippen LogP contribution >= 0.6 is 0 Å². The van der Waals surface area contributed by atoms with Crippen LogP contribution in [0.3, 0.4) is 0 Å². The Morgan fingerprint density at radius 2 is 0.977 bits per heavy atom. The first-order chi connectivity index (χ1) is 21.3. The Labute approximate surface area is 254 Å². The van der Waals surface area contributed by atoms with Crippen molar-refractivity contribution in [1.82, 2.24) is 0 Å². The summed E-state index contributed by atoms with van der Waals surface area (Å²) in [4.78, 5) is 2.53. The van der Waals surface area contributed by atoms with E-state index in [1.165, 1.54) is 55.9 Å². The Morgan fingerprint density at radius 3 is 1.67 bits per heavy atom. The number of benzene rings is 6. The number of allylic oxidation sites excluding steroid dienone is 2. The van der Waals surface area contributed by atoms with Crippen LogP contribution in [0.15, 0.2) is 182 Å². The summed E-state index contributed by atoms with van der Waals surface area (Å²) in [6, 6.07) is 58.8. The lowest BCUT2D eigenvalue weighted by atomic mass is 9.87. The predicted molar refractivity (Wildman–Crippen MR) is 183 cm³/mol. The maximum atomic E-state index is 2.53. The molecule has 206 valence electrons. The molecule has 6 aromatic carbocycles. The quantitative estimate of drug-likeness (QED) is 0.191. The lowest BCUT2D eigenvalue weighted by Crippen LogP contribution is -2.31. The molecular formula is C42H33N. The number of rotatable bonds is 7. The second-order valence-corrected chi connectivity index (χ2v) is 10.9. The first-order valence-electron chi connectivity index (χ1n) is 15.0. The van der Waals surface area contributed by atoms with Gasteiger partial charge in [0.25, 0.3) is 0 Å². The van der Waals surface area contributed by atoms with Gasteiger partial charge in [0.05, 0.1) is 6.04 Å². The van der Waals surface area contributed by atoms with Crippen molar-refractivity contribution in [3.8, 4) is 33.4 Å². The molecule has 7 rings (SSSR count). The Bertz CT molecular complexity index is 1880. The zero-order valence-corrected chi connectivity index (χ0v) is 24.1. The summed E-state index contributed by atoms with van der Waals surface area (Å²) in [6.45, 7) is 0. The average molecular weight is 552 g/mol. The van der Waals surface area contributed by atoms with Gasteiger partial charge in [-0.3, -0.25) is 0 Å². The first kappa shape index (κ1) is 26.5. The minimum absolute atomic E-state index is 0.125. The van der Waals surface area contributed by atoms with Gasteiger partial charge in [-0.1, -0.05) is 164 Å². The largest absolute Gasteiger partial charge is 0.334 e. The molecule has 1 aliphatic rings. The standard InChI is InChI=1S/C42H33N/c1-4-16-32(17-5-1)35-22-14-24-37(30-35)43(42-29-13-12-28-41(42)34-20-8-3-9-21-34)38-25-15-23-36(31-38)40-27-11-10-26-39(40)33-18-6-2-7-19-33/h1-30,38H,31H2. The second-order valence-electron chi connectivity index (χ2n) is 10.9. The fourth-order valence-electron chi connectivity index (χ4n) is 6.19. The van der Waals surface area contributed by atoms with Crippen LogP contribution in [0, 0.1) is 0 Å². The fourth-order valence-corrected chi connectivity index (χ4v) is 6.19. The third-order valence-electron chi connectivity index (χ3n) is 8.23. The van der Waals surface area contributed by atoms with E-state index in [1.54, 1.807) is 0 Å². The van der Waals surface area contributed by atoms with Crippen molar-refractivity contribution in [3.05, 3.63) is 188 Å². The number of hydrogen-bond acceptors (Lipinski definition) is 1. The fraction of sp³-hybridized carbons (Fsp3) is 0.0476. The summed E-state index contributed by atoms with van der Waals surface area (Å²) < 4.78 is 0. The molecule has 0 aliphatic heterocycles. The van der Waals surface area contributed by atoms with Gasteiger partial charge in [-0.2, -0.15) is 0 Å². The van der Waals surface area contributed by atoms with Crippen LogP contribution in [-0.4, -0.2) is 6.04 Å². The highest BCUT2D eigenvalue weighted by atomic mass is 15.2. The van der Waals surface area contributed by atoms with Crippen molar-refractivity contribution in [2.45, 2.75) is 12.5 Å². The Hall–Kier alpha value is -5.40. The van der Waals surface area contributed by atoms with E-state index >= 15 is 0 Å². The van der Waals surface area contributed by atoms with E-state index in [0.29, 0.717) is 0 Å². The molecule has 0 saturated heterocycles. The van der Waals surface area contributed by atoms with Gasteiger partial charge in [-0.15, -0.1) is 0 Å². The molecule has 43 heavy (non-hydrogen) atoms. The van der Waals surface area contributed by atoms with Gasteiger partial charge in [0.1, 0.15) is 0 Å². The molecule has 1 atom stereocenters. The summed E-state index contributed by atoms with van der Waals surface area (Å²) in [7, 11) is 0. The SMILES string of the molecule is C1=CC(N(c2cccc(-c3ccccc3)c2)c2ccccc2-c2ccccc2)CC(c2ccccc2-c2ccccc2)=C1. The van der Waals surface area contributed by atoms with Crippen molar-refractivity contribution >= 4 is 16.9 Å². The van der Waals surface area contributed by atoms with Crippen LogP contribution in [0.25, 0.3) is 39.0 Å². The summed E-state index contributed by atoms with van der Waals surface area (Å²) >= 11 is 0. The number of anilines is 2. The van der Waals surface area contributed by atoms with Crippen molar-refractivity contribution in [2.24, 2.45) is 0 Å². The van der Waals surface area contributed by atoms with E-state index < -0.39 is 0 Å². The topological polar surface area (TPSA) is 3.24 Å². The number of para-hydroxylation sites is 1. The molecule has 0 N–H and O–H groups in total. The molecule has 0 spiro atoms. The maximum absolute atomic E-state index is 2.53. The summed E-state index contributed by atoms with van der Waals surface area (Å²) in [5.74, 6) is 0. The highest BCUT2D eigenvalue weighted by Crippen LogP contribution is 2.42. The van der Waals surface area contributed by atoms with Gasteiger partial charge < -0.3 is 4.90 Å². The van der Waals surface area contributed by atoms with Crippen molar-refractivity contribution < 1.29 is 0 Å². The Balaban J connectivity index is 1.34. The second kappa shape index (κ2) is 12.2. The molecular weight excluding hydrogens is 518 g/mol. The van der Waals surface area contributed by atoms with Crippen LogP contribution in [0.1, 0.15) is 12.0 Å². The summed E-state index contributed by atoms with van der Waals surface area (Å²) in [6.07, 6.45) is 7.77. The highest BCUT2D eigenvalue weighted by Gasteiger charge is 2.25. The molecule has 0 amide bonds. The van der Waals surface area contributed by atoms with E-state index in [2.05, 4.69) is 187 Å². The summed E-state index contributed by atoms with van der Waals surface area (Å²) in [5.41, 5.74) is 12.4. The molecule has 1 unspecified atom stereocenters. The van der Waals surface area contributed by atoms with E-state index in [-0.39, 0.29) is 6.04 Å². The Kier molecular flexibility index (Phi) is 7.53. The molecule has 0 fully saturated rings. The monoisotopic (exact) mass is 551 g/mol. The van der Waals surface area contributed by atoms with Gasteiger partial charge in [0, 0.05) is 16.9 Å². The maximum Gasteiger partial charge on any atom is 0.0566 e. The van der Waals surface area contributed by atoms with Gasteiger partial charge >= 0.3 is 0 Å². The van der Waals surface area contributed by atoms with Gasteiger partial charge in [-0.05, 0) is 63.6 Å². The zero-order chi connectivity index (χ0) is 28.8. The highest BCUT2D eigenvalue weighted by molar-refractivity contribution is 5.87. The van der Waals surface area contributed by atoms with Crippen LogP contribution in [0.4, 0.5) is 11.4 Å². The van der Waals surface area contributed by atoms with E-state index in [4.69, 9.17) is 0 Å². The van der Waals surface area contributed by atoms with Crippen LogP contribution < -0.4 is 4.90 Å². The molecule has 0 radical (unpaired) electrons. The lowest BCUT2D eigenvalue weighted by molar-refractivity contribution is 0.796. The van der Waals surface area contributed by atoms with Crippen LogP contribution in [-0.2, 0) is 0 Å². The molecule has 1 aliphatic carbocycles. The molecule has 0 heterocycles. The number of nitrogens with zero attached hydrogens (tertiary/aromatic N) is 1. The van der Waals surface area contributed by atoms with E-state index in [0.717, 1.165) is 6.42 Å².